The van der Waals surface area contributed by atoms with Gasteiger partial charge in [0.05, 0.1) is 13.0 Å². The number of nitrogens with one attached hydrogen (secondary N) is 1. The average Bonchev–Trinajstić information content (AvgIpc) is 2.56. The summed E-state index contributed by atoms with van der Waals surface area (Å²) in [4.78, 5) is 18.5. The van der Waals surface area contributed by atoms with Gasteiger partial charge in [-0.3, -0.25) is 9.79 Å². The molecule has 0 amide bonds. The van der Waals surface area contributed by atoms with Gasteiger partial charge in [0.2, 0.25) is 0 Å². The smallest absolute Gasteiger partial charge is 0.308 e. The molecule has 1 saturated heterocycles. The van der Waals surface area contributed by atoms with Crippen molar-refractivity contribution in [2.75, 3.05) is 46.5 Å². The molecule has 0 aromatic heterocycles. The molecule has 0 aliphatic carbocycles. The van der Waals surface area contributed by atoms with Gasteiger partial charge in [-0.15, -0.1) is 0 Å². The van der Waals surface area contributed by atoms with Gasteiger partial charge in [0, 0.05) is 39.4 Å². The maximum absolute atomic E-state index is 11.6. The number of guanidine groups is 1. The van der Waals surface area contributed by atoms with Crippen LogP contribution in [0.3, 0.4) is 0 Å². The minimum absolute atomic E-state index is 0.0311. The van der Waals surface area contributed by atoms with Crippen molar-refractivity contribution in [3.63, 3.8) is 0 Å². The number of esters is 1. The van der Waals surface area contributed by atoms with E-state index in [1.165, 1.54) is 7.11 Å². The summed E-state index contributed by atoms with van der Waals surface area (Å²) in [6, 6.07) is 0. The van der Waals surface area contributed by atoms with Gasteiger partial charge >= 0.3 is 5.97 Å². The minimum atomic E-state index is -0.0890. The van der Waals surface area contributed by atoms with E-state index in [2.05, 4.69) is 36.0 Å². The number of carbonyl (C=O) groups is 1. The molecule has 1 rings (SSSR count). The normalized spacial score (nSPS) is 16.7. The lowest BCUT2D eigenvalue weighted by molar-refractivity contribution is -0.146. The molecule has 6 nitrogen and oxygen atoms in total. The zero-order valence-electron chi connectivity index (χ0n) is 15.1. The van der Waals surface area contributed by atoms with E-state index in [4.69, 9.17) is 9.47 Å². The predicted octanol–water partition coefficient (Wildman–Crippen LogP) is 1.90. The summed E-state index contributed by atoms with van der Waals surface area (Å²) in [6.45, 7) is 11.2. The lowest BCUT2D eigenvalue weighted by Crippen LogP contribution is -2.46. The molecular formula is C17H33N3O3. The molecule has 1 aliphatic heterocycles. The van der Waals surface area contributed by atoms with E-state index in [0.717, 1.165) is 64.6 Å². The van der Waals surface area contributed by atoms with Gasteiger partial charge in [0.1, 0.15) is 0 Å². The SMILES string of the molecule is CCNC(=NCCCOCC(C)C)N1CCC(C(=O)OC)CC1. The van der Waals surface area contributed by atoms with E-state index < -0.39 is 0 Å². The zero-order valence-corrected chi connectivity index (χ0v) is 15.1. The second kappa shape index (κ2) is 11.3. The van der Waals surface area contributed by atoms with Gasteiger partial charge in [-0.2, -0.15) is 0 Å². The first-order valence-electron chi connectivity index (χ1n) is 8.77. The van der Waals surface area contributed by atoms with Gasteiger partial charge < -0.3 is 19.7 Å². The van der Waals surface area contributed by atoms with Gasteiger partial charge in [-0.05, 0) is 32.1 Å². The van der Waals surface area contributed by atoms with Gasteiger partial charge in [0.15, 0.2) is 5.96 Å². The number of nitrogens with zero attached hydrogens (tertiary/aromatic N) is 2. The zero-order chi connectivity index (χ0) is 17.1. The molecule has 0 unspecified atom stereocenters. The fourth-order valence-corrected chi connectivity index (χ4v) is 2.59. The van der Waals surface area contributed by atoms with Crippen molar-refractivity contribution in [2.45, 2.75) is 40.0 Å². The Kier molecular flexibility index (Phi) is 9.67. The molecule has 0 aromatic rings. The molecule has 0 atom stereocenters. The van der Waals surface area contributed by atoms with Crippen LogP contribution in [-0.2, 0) is 14.3 Å². The van der Waals surface area contributed by atoms with Crippen LogP contribution >= 0.6 is 0 Å². The molecule has 0 spiro atoms. The molecule has 1 aliphatic rings. The van der Waals surface area contributed by atoms with Crippen LogP contribution in [0.2, 0.25) is 0 Å². The van der Waals surface area contributed by atoms with E-state index in [1.54, 1.807) is 0 Å². The maximum atomic E-state index is 11.6. The summed E-state index contributed by atoms with van der Waals surface area (Å²) in [5.74, 6) is 1.46. The molecule has 0 radical (unpaired) electrons. The van der Waals surface area contributed by atoms with Crippen molar-refractivity contribution in [3.05, 3.63) is 0 Å². The van der Waals surface area contributed by atoms with Gasteiger partial charge in [0.25, 0.3) is 0 Å². The van der Waals surface area contributed by atoms with Crippen molar-refractivity contribution < 1.29 is 14.3 Å². The van der Waals surface area contributed by atoms with Crippen LogP contribution in [0.25, 0.3) is 0 Å². The highest BCUT2D eigenvalue weighted by atomic mass is 16.5. The second-order valence-electron chi connectivity index (χ2n) is 6.34. The highest BCUT2D eigenvalue weighted by Gasteiger charge is 2.26. The highest BCUT2D eigenvalue weighted by molar-refractivity contribution is 5.80. The third-order valence-corrected chi connectivity index (χ3v) is 3.82. The summed E-state index contributed by atoms with van der Waals surface area (Å²) in [5, 5.41) is 3.34. The van der Waals surface area contributed by atoms with Crippen LogP contribution in [0.4, 0.5) is 0 Å². The number of likely N-dealkylation sites (tertiary alicyclic amines) is 1. The third kappa shape index (κ3) is 7.68. The maximum Gasteiger partial charge on any atom is 0.308 e. The van der Waals surface area contributed by atoms with Crippen molar-refractivity contribution in [1.82, 2.24) is 10.2 Å². The number of rotatable bonds is 8. The average molecular weight is 327 g/mol. The number of methoxy groups -OCH3 is 1. The van der Waals surface area contributed by atoms with Crippen LogP contribution in [0.15, 0.2) is 4.99 Å². The summed E-state index contributed by atoms with van der Waals surface area (Å²) in [5.41, 5.74) is 0. The Bertz CT molecular complexity index is 364. The van der Waals surface area contributed by atoms with E-state index in [0.29, 0.717) is 5.92 Å². The van der Waals surface area contributed by atoms with E-state index in [9.17, 15) is 4.79 Å². The largest absolute Gasteiger partial charge is 0.469 e. The molecule has 1 N–H and O–H groups in total. The summed E-state index contributed by atoms with van der Waals surface area (Å²) in [7, 11) is 1.46. The Balaban J connectivity index is 2.36. The van der Waals surface area contributed by atoms with Crippen LogP contribution in [0.5, 0.6) is 0 Å². The number of piperidine rings is 1. The summed E-state index contributed by atoms with van der Waals surface area (Å²) in [6.07, 6.45) is 2.59. The van der Waals surface area contributed by atoms with Crippen LogP contribution < -0.4 is 5.32 Å². The Morgan fingerprint density at radius 2 is 2.04 bits per heavy atom. The second-order valence-corrected chi connectivity index (χ2v) is 6.34. The predicted molar refractivity (Wildman–Crippen MR) is 92.6 cm³/mol. The van der Waals surface area contributed by atoms with E-state index in [-0.39, 0.29) is 11.9 Å². The molecular weight excluding hydrogens is 294 g/mol. The van der Waals surface area contributed by atoms with Crippen molar-refractivity contribution in [1.29, 1.82) is 0 Å². The molecule has 134 valence electrons. The Morgan fingerprint density at radius 1 is 1.35 bits per heavy atom. The first-order chi connectivity index (χ1) is 11.1. The first kappa shape index (κ1) is 19.7. The molecule has 6 heteroatoms. The molecule has 1 heterocycles. The Morgan fingerprint density at radius 3 is 2.61 bits per heavy atom. The van der Waals surface area contributed by atoms with Crippen molar-refractivity contribution in [3.8, 4) is 0 Å². The number of ether oxygens (including phenoxy) is 2. The number of hydrogen-bond acceptors (Lipinski definition) is 4. The highest BCUT2D eigenvalue weighted by Crippen LogP contribution is 2.18. The first-order valence-corrected chi connectivity index (χ1v) is 8.77. The number of aliphatic imine (C=N–C) groups is 1. The van der Waals surface area contributed by atoms with E-state index >= 15 is 0 Å². The third-order valence-electron chi connectivity index (χ3n) is 3.82. The lowest BCUT2D eigenvalue weighted by Gasteiger charge is -2.33. The standard InChI is InChI=1S/C17H33N3O3/c1-5-18-17(19-9-6-12-23-13-14(2)3)20-10-7-15(8-11-20)16(21)22-4/h14-15H,5-13H2,1-4H3,(H,18,19). The molecule has 1 fully saturated rings. The fourth-order valence-electron chi connectivity index (χ4n) is 2.59. The lowest BCUT2D eigenvalue weighted by atomic mass is 9.97. The minimum Gasteiger partial charge on any atom is -0.469 e. The number of hydrogen-bond donors (Lipinski definition) is 1. The van der Waals surface area contributed by atoms with Gasteiger partial charge in [-0.25, -0.2) is 0 Å². The summed E-state index contributed by atoms with van der Waals surface area (Å²) >= 11 is 0. The van der Waals surface area contributed by atoms with E-state index in [1.807, 2.05) is 0 Å². The van der Waals surface area contributed by atoms with Crippen LogP contribution in [-0.4, -0.2) is 63.3 Å². The van der Waals surface area contributed by atoms with Crippen molar-refractivity contribution >= 4 is 11.9 Å². The van der Waals surface area contributed by atoms with Crippen LogP contribution in [0, 0.1) is 11.8 Å². The fraction of sp³-hybridized carbons (Fsp3) is 0.882. The number of carbonyl (C=O) groups excluding carboxylic acids is 1. The van der Waals surface area contributed by atoms with Gasteiger partial charge in [-0.1, -0.05) is 13.8 Å². The monoisotopic (exact) mass is 327 g/mol. The molecule has 0 aromatic carbocycles. The topological polar surface area (TPSA) is 63.2 Å². The molecule has 0 bridgehead atoms. The summed E-state index contributed by atoms with van der Waals surface area (Å²) < 4.78 is 10.4. The van der Waals surface area contributed by atoms with Crippen LogP contribution in [0.1, 0.15) is 40.0 Å². The Hall–Kier alpha value is -1.30. The molecule has 0 saturated carbocycles. The molecule has 23 heavy (non-hydrogen) atoms. The van der Waals surface area contributed by atoms with Crippen molar-refractivity contribution in [2.24, 2.45) is 16.8 Å². The Labute approximate surface area is 140 Å². The quantitative estimate of drug-likeness (QED) is 0.319.